The summed E-state index contributed by atoms with van der Waals surface area (Å²) >= 11 is 5.79. The van der Waals surface area contributed by atoms with Crippen molar-refractivity contribution < 1.29 is 13.2 Å². The Bertz CT molecular complexity index is 727. The summed E-state index contributed by atoms with van der Waals surface area (Å²) in [5, 5.41) is 0.545. The van der Waals surface area contributed by atoms with Crippen LogP contribution in [-0.4, -0.2) is 15.0 Å². The molecule has 0 fully saturated rings. The van der Waals surface area contributed by atoms with Gasteiger partial charge in [0.2, 0.25) is 0 Å². The van der Waals surface area contributed by atoms with Gasteiger partial charge < -0.3 is 4.74 Å². The zero-order valence-electron chi connectivity index (χ0n) is 11.8. The van der Waals surface area contributed by atoms with E-state index in [9.17, 15) is 8.42 Å². The molecule has 0 aliphatic carbocycles. The van der Waals surface area contributed by atoms with E-state index in [0.717, 1.165) is 5.56 Å². The minimum absolute atomic E-state index is 0.124. The summed E-state index contributed by atoms with van der Waals surface area (Å²) in [5.41, 5.74) is 1.29. The zero-order chi connectivity index (χ0) is 15.5. The van der Waals surface area contributed by atoms with E-state index in [4.69, 9.17) is 16.3 Å². The Balaban J connectivity index is 2.39. The van der Waals surface area contributed by atoms with E-state index in [0.29, 0.717) is 23.1 Å². The average Bonchev–Trinajstić information content (AvgIpc) is 2.43. The van der Waals surface area contributed by atoms with Crippen LogP contribution in [0.1, 0.15) is 12.5 Å². The number of ether oxygens (including phenoxy) is 1. The molecule has 0 amide bonds. The predicted octanol–water partition coefficient (Wildman–Crippen LogP) is 3.85. The molecule has 0 spiro atoms. The molecule has 0 atom stereocenters. The van der Waals surface area contributed by atoms with Gasteiger partial charge in [-0.3, -0.25) is 4.72 Å². The molecule has 2 aromatic carbocycles. The van der Waals surface area contributed by atoms with E-state index in [1.807, 2.05) is 19.9 Å². The van der Waals surface area contributed by atoms with E-state index >= 15 is 0 Å². The Labute approximate surface area is 129 Å². The van der Waals surface area contributed by atoms with E-state index < -0.39 is 10.0 Å². The Morgan fingerprint density at radius 2 is 1.81 bits per heavy atom. The highest BCUT2D eigenvalue weighted by atomic mass is 35.5. The first-order valence-corrected chi connectivity index (χ1v) is 8.30. The monoisotopic (exact) mass is 325 g/mol. The summed E-state index contributed by atoms with van der Waals surface area (Å²) < 4.78 is 32.9. The first kappa shape index (κ1) is 15.7. The molecule has 2 rings (SSSR count). The lowest BCUT2D eigenvalue weighted by Gasteiger charge is -2.13. The summed E-state index contributed by atoms with van der Waals surface area (Å²) in [4.78, 5) is 0.124. The lowest BCUT2D eigenvalue weighted by molar-refractivity contribution is 0.331. The van der Waals surface area contributed by atoms with Gasteiger partial charge >= 0.3 is 0 Å². The van der Waals surface area contributed by atoms with Gasteiger partial charge in [-0.05, 0) is 55.8 Å². The molecule has 0 radical (unpaired) electrons. The Kier molecular flexibility index (Phi) is 4.75. The minimum Gasteiger partial charge on any atom is -0.492 e. The molecule has 0 aliphatic rings. The number of hydrogen-bond donors (Lipinski definition) is 1. The van der Waals surface area contributed by atoms with Gasteiger partial charge in [0.05, 0.1) is 6.61 Å². The molecule has 0 aromatic heterocycles. The van der Waals surface area contributed by atoms with Gasteiger partial charge in [-0.25, -0.2) is 8.42 Å². The second kappa shape index (κ2) is 6.37. The number of rotatable bonds is 5. The number of sulfonamides is 1. The highest BCUT2D eigenvalue weighted by Crippen LogP contribution is 2.27. The molecule has 0 unspecified atom stereocenters. The molecule has 0 heterocycles. The first-order valence-electron chi connectivity index (χ1n) is 6.44. The Morgan fingerprint density at radius 1 is 1.14 bits per heavy atom. The van der Waals surface area contributed by atoms with Crippen molar-refractivity contribution >= 4 is 27.3 Å². The quantitative estimate of drug-likeness (QED) is 0.908. The van der Waals surface area contributed by atoms with E-state index in [1.54, 1.807) is 36.4 Å². The van der Waals surface area contributed by atoms with Crippen LogP contribution in [0.2, 0.25) is 5.02 Å². The summed E-state index contributed by atoms with van der Waals surface area (Å²) in [6.07, 6.45) is 0. The fourth-order valence-corrected chi connectivity index (χ4v) is 3.24. The topological polar surface area (TPSA) is 55.4 Å². The van der Waals surface area contributed by atoms with E-state index in [1.165, 1.54) is 0 Å². The zero-order valence-corrected chi connectivity index (χ0v) is 13.3. The molecular weight excluding hydrogens is 310 g/mol. The molecule has 2 aromatic rings. The molecular formula is C15H16ClNO3S. The SMILES string of the molecule is CCOc1ccc(C)cc1S(=O)(=O)Nc1ccc(Cl)cc1. The molecule has 21 heavy (non-hydrogen) atoms. The van der Waals surface area contributed by atoms with Crippen LogP contribution in [-0.2, 0) is 10.0 Å². The minimum atomic E-state index is -3.72. The Morgan fingerprint density at radius 3 is 2.43 bits per heavy atom. The molecule has 4 nitrogen and oxygen atoms in total. The molecule has 0 aliphatic heterocycles. The van der Waals surface area contributed by atoms with Crippen molar-refractivity contribution in [1.29, 1.82) is 0 Å². The first-order chi connectivity index (χ1) is 9.92. The predicted molar refractivity (Wildman–Crippen MR) is 84.6 cm³/mol. The van der Waals surface area contributed by atoms with Crippen molar-refractivity contribution in [2.75, 3.05) is 11.3 Å². The summed E-state index contributed by atoms with van der Waals surface area (Å²) in [5.74, 6) is 0.338. The van der Waals surface area contributed by atoms with Crippen LogP contribution in [0.4, 0.5) is 5.69 Å². The van der Waals surface area contributed by atoms with Crippen LogP contribution in [0.3, 0.4) is 0 Å². The molecule has 112 valence electrons. The van der Waals surface area contributed by atoms with Gasteiger partial charge in [-0.1, -0.05) is 17.7 Å². The molecule has 0 bridgehead atoms. The summed E-state index contributed by atoms with van der Waals surface area (Å²) in [6.45, 7) is 4.03. The van der Waals surface area contributed by atoms with Crippen molar-refractivity contribution in [3.63, 3.8) is 0 Å². The smallest absolute Gasteiger partial charge is 0.265 e. The van der Waals surface area contributed by atoms with Crippen molar-refractivity contribution in [2.24, 2.45) is 0 Å². The normalized spacial score (nSPS) is 11.2. The van der Waals surface area contributed by atoms with E-state index in [-0.39, 0.29) is 4.90 Å². The van der Waals surface area contributed by atoms with Gasteiger partial charge in [-0.2, -0.15) is 0 Å². The molecule has 0 saturated heterocycles. The van der Waals surface area contributed by atoms with Gasteiger partial charge in [0.25, 0.3) is 10.0 Å². The second-order valence-electron chi connectivity index (χ2n) is 4.50. The van der Waals surface area contributed by atoms with Gasteiger partial charge in [0.15, 0.2) is 0 Å². The Hall–Kier alpha value is -1.72. The maximum absolute atomic E-state index is 12.5. The summed E-state index contributed by atoms with van der Waals surface area (Å²) in [7, 11) is -3.72. The van der Waals surface area contributed by atoms with Crippen LogP contribution < -0.4 is 9.46 Å². The van der Waals surface area contributed by atoms with Crippen LogP contribution >= 0.6 is 11.6 Å². The third-order valence-electron chi connectivity index (χ3n) is 2.79. The third kappa shape index (κ3) is 3.89. The molecule has 1 N–H and O–H groups in total. The number of nitrogens with one attached hydrogen (secondary N) is 1. The van der Waals surface area contributed by atoms with Crippen molar-refractivity contribution in [3.8, 4) is 5.75 Å². The van der Waals surface area contributed by atoms with Gasteiger partial charge in [-0.15, -0.1) is 0 Å². The van der Waals surface area contributed by atoms with Crippen LogP contribution in [0.5, 0.6) is 5.75 Å². The lowest BCUT2D eigenvalue weighted by Crippen LogP contribution is -2.14. The standard InChI is InChI=1S/C15H16ClNO3S/c1-3-20-14-9-4-11(2)10-15(14)21(18,19)17-13-7-5-12(16)6-8-13/h4-10,17H,3H2,1-2H3. The lowest BCUT2D eigenvalue weighted by atomic mass is 10.2. The highest BCUT2D eigenvalue weighted by Gasteiger charge is 2.20. The van der Waals surface area contributed by atoms with Gasteiger partial charge in [0, 0.05) is 10.7 Å². The largest absolute Gasteiger partial charge is 0.492 e. The second-order valence-corrected chi connectivity index (χ2v) is 6.58. The molecule has 0 saturated carbocycles. The maximum Gasteiger partial charge on any atom is 0.265 e. The highest BCUT2D eigenvalue weighted by molar-refractivity contribution is 7.92. The fourth-order valence-electron chi connectivity index (χ4n) is 1.83. The van der Waals surface area contributed by atoms with E-state index in [2.05, 4.69) is 4.72 Å². The number of hydrogen-bond acceptors (Lipinski definition) is 3. The van der Waals surface area contributed by atoms with Crippen molar-refractivity contribution in [2.45, 2.75) is 18.7 Å². The van der Waals surface area contributed by atoms with Crippen LogP contribution in [0.25, 0.3) is 0 Å². The number of aryl methyl sites for hydroxylation is 1. The van der Waals surface area contributed by atoms with Crippen molar-refractivity contribution in [3.05, 3.63) is 53.1 Å². The molecule has 6 heteroatoms. The average molecular weight is 326 g/mol. The fraction of sp³-hybridized carbons (Fsp3) is 0.200. The number of anilines is 1. The van der Waals surface area contributed by atoms with Gasteiger partial charge in [0.1, 0.15) is 10.6 Å². The third-order valence-corrected chi connectivity index (χ3v) is 4.44. The number of halogens is 1. The van der Waals surface area contributed by atoms with Crippen LogP contribution in [0, 0.1) is 6.92 Å². The number of benzene rings is 2. The van der Waals surface area contributed by atoms with Crippen LogP contribution in [0.15, 0.2) is 47.4 Å². The summed E-state index contributed by atoms with van der Waals surface area (Å²) in [6, 6.07) is 11.5. The maximum atomic E-state index is 12.5. The van der Waals surface area contributed by atoms with Crippen molar-refractivity contribution in [1.82, 2.24) is 0 Å².